The summed E-state index contributed by atoms with van der Waals surface area (Å²) < 4.78 is 31.7. The van der Waals surface area contributed by atoms with Gasteiger partial charge in [-0.25, -0.2) is 0 Å². The molecule has 100 valence electrons. The van der Waals surface area contributed by atoms with Crippen LogP contribution >= 0.6 is 0 Å². The fourth-order valence-electron chi connectivity index (χ4n) is 1.66. The SMILES string of the molecule is Nc1ccc(C=Cc2ccccc2)c(S(=O)(=O)O)c1.[NaH]. The topological polar surface area (TPSA) is 80.4 Å². The monoisotopic (exact) mass is 299 g/mol. The number of rotatable bonds is 3. The summed E-state index contributed by atoms with van der Waals surface area (Å²) in [7, 11) is -4.29. The van der Waals surface area contributed by atoms with Crippen molar-refractivity contribution in [2.45, 2.75) is 4.90 Å². The first-order chi connectivity index (χ1) is 8.97. The van der Waals surface area contributed by atoms with Crippen molar-refractivity contribution >= 4 is 57.5 Å². The van der Waals surface area contributed by atoms with Crippen LogP contribution in [-0.4, -0.2) is 42.5 Å². The third kappa shape index (κ3) is 4.47. The molecule has 3 N–H and O–H groups in total. The van der Waals surface area contributed by atoms with Gasteiger partial charge in [0.05, 0.1) is 0 Å². The van der Waals surface area contributed by atoms with Gasteiger partial charge in [0.2, 0.25) is 0 Å². The number of hydrogen-bond donors (Lipinski definition) is 2. The van der Waals surface area contributed by atoms with Crippen LogP contribution in [0.5, 0.6) is 0 Å². The molecule has 0 saturated heterocycles. The van der Waals surface area contributed by atoms with Crippen LogP contribution in [0.15, 0.2) is 53.4 Å². The molecule has 0 radical (unpaired) electrons. The predicted molar refractivity (Wildman–Crippen MR) is 83.2 cm³/mol. The van der Waals surface area contributed by atoms with E-state index in [9.17, 15) is 13.0 Å². The van der Waals surface area contributed by atoms with Crippen LogP contribution in [0.3, 0.4) is 0 Å². The molecule has 4 nitrogen and oxygen atoms in total. The molecule has 0 aliphatic heterocycles. The molecule has 0 fully saturated rings. The summed E-state index contributed by atoms with van der Waals surface area (Å²) in [5.74, 6) is 0. The van der Waals surface area contributed by atoms with Crippen LogP contribution in [0.4, 0.5) is 5.69 Å². The van der Waals surface area contributed by atoms with Crippen molar-refractivity contribution in [1.29, 1.82) is 0 Å². The van der Waals surface area contributed by atoms with Crippen LogP contribution in [0.2, 0.25) is 0 Å². The summed E-state index contributed by atoms with van der Waals surface area (Å²) in [6, 6.07) is 13.8. The molecule has 0 aliphatic rings. The van der Waals surface area contributed by atoms with Crippen molar-refractivity contribution in [3.63, 3.8) is 0 Å². The van der Waals surface area contributed by atoms with Gasteiger partial charge in [0.25, 0.3) is 10.1 Å². The molecule has 0 atom stereocenters. The summed E-state index contributed by atoms with van der Waals surface area (Å²) in [5, 5.41) is 0. The molecular formula is C14H14NNaO3S. The second kappa shape index (κ2) is 7.06. The summed E-state index contributed by atoms with van der Waals surface area (Å²) >= 11 is 0. The van der Waals surface area contributed by atoms with Gasteiger partial charge in [0.15, 0.2) is 0 Å². The first-order valence-electron chi connectivity index (χ1n) is 5.57. The van der Waals surface area contributed by atoms with Crippen LogP contribution in [0.1, 0.15) is 11.1 Å². The molecule has 0 saturated carbocycles. The van der Waals surface area contributed by atoms with Crippen LogP contribution in [-0.2, 0) is 10.1 Å². The molecule has 0 bridgehead atoms. The normalized spacial score (nSPS) is 11.2. The third-order valence-electron chi connectivity index (χ3n) is 2.57. The molecule has 0 spiro atoms. The Bertz CT molecular complexity index is 712. The Labute approximate surface area is 140 Å². The third-order valence-corrected chi connectivity index (χ3v) is 3.48. The summed E-state index contributed by atoms with van der Waals surface area (Å²) in [6.07, 6.45) is 3.39. The molecular weight excluding hydrogens is 285 g/mol. The van der Waals surface area contributed by atoms with Crippen molar-refractivity contribution in [3.05, 3.63) is 59.7 Å². The molecule has 0 unspecified atom stereocenters. The van der Waals surface area contributed by atoms with Gasteiger partial charge >= 0.3 is 29.6 Å². The fraction of sp³-hybridized carbons (Fsp3) is 0. The number of nitrogen functional groups attached to an aromatic ring is 1. The van der Waals surface area contributed by atoms with Crippen LogP contribution in [0.25, 0.3) is 12.2 Å². The van der Waals surface area contributed by atoms with Crippen molar-refractivity contribution < 1.29 is 13.0 Å². The predicted octanol–water partition coefficient (Wildman–Crippen LogP) is 2.04. The van der Waals surface area contributed by atoms with Gasteiger partial charge < -0.3 is 5.73 Å². The Hall–Kier alpha value is -1.11. The maximum absolute atomic E-state index is 11.3. The second-order valence-corrected chi connectivity index (χ2v) is 5.41. The van der Waals surface area contributed by atoms with Gasteiger partial charge in [0, 0.05) is 5.69 Å². The van der Waals surface area contributed by atoms with Crippen molar-refractivity contribution in [1.82, 2.24) is 0 Å². The van der Waals surface area contributed by atoms with Gasteiger partial charge in [0.1, 0.15) is 4.90 Å². The average Bonchev–Trinajstić information content (AvgIpc) is 2.37. The molecule has 0 amide bonds. The number of anilines is 1. The van der Waals surface area contributed by atoms with Gasteiger partial charge in [-0.05, 0) is 23.3 Å². The molecule has 6 heteroatoms. The Kier molecular flexibility index (Phi) is 5.98. The second-order valence-electron chi connectivity index (χ2n) is 4.02. The van der Waals surface area contributed by atoms with Crippen molar-refractivity contribution in [3.8, 4) is 0 Å². The van der Waals surface area contributed by atoms with Gasteiger partial charge in [-0.1, -0.05) is 48.6 Å². The molecule has 2 aromatic carbocycles. The molecule has 20 heavy (non-hydrogen) atoms. The Morgan fingerprint density at radius 2 is 1.65 bits per heavy atom. The van der Waals surface area contributed by atoms with E-state index in [4.69, 9.17) is 5.73 Å². The quantitative estimate of drug-likeness (QED) is 0.393. The molecule has 0 heterocycles. The van der Waals surface area contributed by atoms with E-state index in [2.05, 4.69) is 0 Å². The van der Waals surface area contributed by atoms with Crippen molar-refractivity contribution in [2.24, 2.45) is 0 Å². The van der Waals surface area contributed by atoms with E-state index in [-0.39, 0.29) is 40.1 Å². The van der Waals surface area contributed by atoms with Gasteiger partial charge in [-0.3, -0.25) is 4.55 Å². The average molecular weight is 299 g/mol. The molecule has 2 rings (SSSR count). The minimum atomic E-state index is -4.29. The molecule has 0 aliphatic carbocycles. The Morgan fingerprint density at radius 1 is 1.00 bits per heavy atom. The summed E-state index contributed by atoms with van der Waals surface area (Å²) in [4.78, 5) is -0.195. The van der Waals surface area contributed by atoms with E-state index in [0.29, 0.717) is 5.56 Å². The van der Waals surface area contributed by atoms with E-state index in [1.807, 2.05) is 30.3 Å². The fourth-order valence-corrected chi connectivity index (χ4v) is 2.38. The summed E-state index contributed by atoms with van der Waals surface area (Å²) in [5.41, 5.74) is 7.13. The first kappa shape index (κ1) is 16.9. The maximum atomic E-state index is 11.3. The van der Waals surface area contributed by atoms with Crippen molar-refractivity contribution in [2.75, 3.05) is 5.73 Å². The van der Waals surface area contributed by atoms with E-state index < -0.39 is 10.1 Å². The zero-order valence-corrected chi connectivity index (χ0v) is 10.8. The zero-order valence-electron chi connectivity index (χ0n) is 10.0. The molecule has 2 aromatic rings. The molecule has 0 aromatic heterocycles. The van der Waals surface area contributed by atoms with E-state index in [0.717, 1.165) is 5.56 Å². The summed E-state index contributed by atoms with van der Waals surface area (Å²) in [6.45, 7) is 0. The first-order valence-corrected chi connectivity index (χ1v) is 7.01. The van der Waals surface area contributed by atoms with Crippen LogP contribution < -0.4 is 5.73 Å². The Morgan fingerprint density at radius 3 is 2.25 bits per heavy atom. The number of nitrogens with two attached hydrogens (primary N) is 1. The van der Waals surface area contributed by atoms with E-state index in [1.165, 1.54) is 6.07 Å². The zero-order chi connectivity index (χ0) is 13.9. The van der Waals surface area contributed by atoms with Gasteiger partial charge in [-0.2, -0.15) is 8.42 Å². The van der Waals surface area contributed by atoms with E-state index in [1.54, 1.807) is 24.3 Å². The van der Waals surface area contributed by atoms with Gasteiger partial charge in [-0.15, -0.1) is 0 Å². The number of benzene rings is 2. The van der Waals surface area contributed by atoms with E-state index >= 15 is 0 Å². The standard InChI is InChI=1S/C14H13NO3S.Na.H/c15-13-9-8-12(14(10-13)19(16,17)18)7-6-11-4-2-1-3-5-11;;/h1-10H,15H2,(H,16,17,18);;. The number of hydrogen-bond acceptors (Lipinski definition) is 3. The Balaban J connectivity index is 0.00000200. The van der Waals surface area contributed by atoms with Crippen LogP contribution in [0, 0.1) is 0 Å². The minimum absolute atomic E-state index is 0.